The summed E-state index contributed by atoms with van der Waals surface area (Å²) < 4.78 is 40.9. The van der Waals surface area contributed by atoms with Crippen molar-refractivity contribution in [2.45, 2.75) is 140 Å². The van der Waals surface area contributed by atoms with Crippen molar-refractivity contribution >= 4 is 0 Å². The van der Waals surface area contributed by atoms with E-state index in [4.69, 9.17) is 15.0 Å². The Morgan fingerprint density at radius 1 is 0.479 bits per heavy atom. The predicted molar refractivity (Wildman–Crippen MR) is 290 cm³/mol. The topological polar surface area (TPSA) is 38.7 Å². The third-order valence-corrected chi connectivity index (χ3v) is 15.1. The number of aromatic nitrogens is 3. The van der Waals surface area contributed by atoms with Gasteiger partial charge in [0, 0.05) is 24.1 Å². The van der Waals surface area contributed by atoms with Gasteiger partial charge in [0.1, 0.15) is 0 Å². The van der Waals surface area contributed by atoms with Crippen LogP contribution in [0.2, 0.25) is 0 Å². The van der Waals surface area contributed by atoms with E-state index in [-0.39, 0.29) is 25.7 Å². The summed E-state index contributed by atoms with van der Waals surface area (Å²) in [6.45, 7) is 8.80. The molecule has 3 aromatic heterocycles. The Balaban J connectivity index is 0.00000689. The third kappa shape index (κ3) is 12.3. The minimum atomic E-state index is -2.52. The fourth-order valence-corrected chi connectivity index (χ4v) is 11.1. The molecule has 360 valence electrons. The van der Waals surface area contributed by atoms with Gasteiger partial charge >= 0.3 is 20.1 Å². The van der Waals surface area contributed by atoms with E-state index in [0.29, 0.717) is 41.5 Å². The summed E-state index contributed by atoms with van der Waals surface area (Å²) in [5.41, 5.74) is 13.1. The van der Waals surface area contributed by atoms with Gasteiger partial charge in [-0.2, -0.15) is 0 Å². The minimum absolute atomic E-state index is 0. The van der Waals surface area contributed by atoms with Gasteiger partial charge < -0.3 is 15.0 Å². The normalized spacial score (nSPS) is 16.0. The van der Waals surface area contributed by atoms with Crippen LogP contribution in [-0.4, -0.2) is 15.0 Å². The molecule has 0 unspecified atom stereocenters. The van der Waals surface area contributed by atoms with Crippen molar-refractivity contribution in [3.8, 4) is 44.9 Å². The average molecular weight is 1110 g/mol. The van der Waals surface area contributed by atoms with Gasteiger partial charge in [0.15, 0.2) is 0 Å². The maximum Gasteiger partial charge on any atom is 3.00 e. The summed E-state index contributed by atoms with van der Waals surface area (Å²) in [6, 6.07) is 56.9. The van der Waals surface area contributed by atoms with Crippen LogP contribution in [0.15, 0.2) is 158 Å². The molecule has 0 aliphatic heterocycles. The van der Waals surface area contributed by atoms with Crippen LogP contribution in [0.25, 0.3) is 44.9 Å². The predicted octanol–water partition coefficient (Wildman–Crippen LogP) is 16.9. The molecule has 3 nitrogen and oxygen atoms in total. The molecule has 0 saturated heterocycles. The van der Waals surface area contributed by atoms with Gasteiger partial charge in [-0.05, 0) is 147 Å². The van der Waals surface area contributed by atoms with Crippen molar-refractivity contribution in [3.05, 3.63) is 221 Å². The number of benzene rings is 5. The molecule has 0 bridgehead atoms. The van der Waals surface area contributed by atoms with E-state index in [1.165, 1.54) is 49.7 Å². The standard InChI is InChI=1S/C67H68N3.Ir/c1-66(2,60-32-34-63(69-46-60)53-24-14-7-15-25-53)43-49-36-48(37-50(38-49)44-67(3,4)61-33-35-64(70-47-61)54-26-16-8-17-27-54)30-31-56-45-68-65(55-28-18-9-19-29-55)42-62(56)59-40-57(51-20-10-5-11-21-51)39-58(41-59)52-22-12-6-13-23-52;/h7-9,14-19,24,26,28,32-42,45-47,51-52H,5-6,10-13,20-23,30-31,43-44H2,1-4H3;/q-3;+3/i30D2,31D2;. The van der Waals surface area contributed by atoms with Crippen LogP contribution in [0.3, 0.4) is 0 Å². The third-order valence-electron chi connectivity index (χ3n) is 15.1. The van der Waals surface area contributed by atoms with Crippen molar-refractivity contribution in [2.24, 2.45) is 0 Å². The molecule has 4 heteroatoms. The molecule has 3 heterocycles. The van der Waals surface area contributed by atoms with Crippen molar-refractivity contribution in [2.75, 3.05) is 0 Å². The zero-order valence-electron chi connectivity index (χ0n) is 45.8. The molecular weight excluding hydrogens is 1040 g/mol. The zero-order chi connectivity index (χ0) is 51.5. The number of hydrogen-bond acceptors (Lipinski definition) is 3. The van der Waals surface area contributed by atoms with E-state index in [2.05, 4.69) is 82.3 Å². The van der Waals surface area contributed by atoms with E-state index in [1.54, 1.807) is 6.20 Å². The summed E-state index contributed by atoms with van der Waals surface area (Å²) in [6.07, 6.45) is 13.6. The summed E-state index contributed by atoms with van der Waals surface area (Å²) in [5, 5.41) is 0. The number of pyridine rings is 3. The molecule has 71 heavy (non-hydrogen) atoms. The summed E-state index contributed by atoms with van der Waals surface area (Å²) in [4.78, 5) is 14.7. The van der Waals surface area contributed by atoms with Gasteiger partial charge in [-0.15, -0.1) is 108 Å². The average Bonchev–Trinajstić information content (AvgIpc) is 3.44. The van der Waals surface area contributed by atoms with E-state index in [9.17, 15) is 5.48 Å². The molecule has 0 N–H and O–H groups in total. The zero-order valence-corrected chi connectivity index (χ0v) is 44.2. The molecule has 2 aliphatic rings. The van der Waals surface area contributed by atoms with Crippen molar-refractivity contribution < 1.29 is 25.6 Å². The molecule has 2 fully saturated rings. The Kier molecular flexibility index (Phi) is 14.4. The van der Waals surface area contributed by atoms with Crippen LogP contribution in [-0.2, 0) is 56.5 Å². The Bertz CT molecular complexity index is 3010. The van der Waals surface area contributed by atoms with E-state index in [0.717, 1.165) is 81.6 Å². The van der Waals surface area contributed by atoms with Crippen LogP contribution >= 0.6 is 0 Å². The molecule has 5 aromatic carbocycles. The molecule has 8 aromatic rings. The number of nitrogens with zero attached hydrogens (tertiary/aromatic N) is 3. The Hall–Kier alpha value is -5.80. The van der Waals surface area contributed by atoms with Gasteiger partial charge in [0.25, 0.3) is 0 Å². The molecule has 0 atom stereocenters. The van der Waals surface area contributed by atoms with Crippen LogP contribution in [0.4, 0.5) is 0 Å². The Labute approximate surface area is 444 Å². The molecule has 0 amide bonds. The monoisotopic (exact) mass is 1110 g/mol. The van der Waals surface area contributed by atoms with Crippen LogP contribution in [0.5, 0.6) is 0 Å². The summed E-state index contributed by atoms with van der Waals surface area (Å²) in [7, 11) is 0. The van der Waals surface area contributed by atoms with Gasteiger partial charge in [-0.3, -0.25) is 0 Å². The molecule has 0 spiro atoms. The maximum atomic E-state index is 10.2. The van der Waals surface area contributed by atoms with E-state index in [1.807, 2.05) is 116 Å². The van der Waals surface area contributed by atoms with Gasteiger partial charge in [0.2, 0.25) is 0 Å². The number of aryl methyl sites for hydroxylation is 2. The first-order valence-electron chi connectivity index (χ1n) is 27.8. The molecule has 0 radical (unpaired) electrons. The van der Waals surface area contributed by atoms with E-state index < -0.39 is 23.6 Å². The number of rotatable bonds is 15. The SMILES string of the molecule is [2H]C([2H])(c1cc(CC(C)(C)c2ccc(-c3[c-]cccc3)nc2)cc(CC(C)(C)c2ccc(-c3[c-]cccc3)nc2)c1)C([2H])([2H])c1cnc(-c2[c-]cccc2)cc1-c1cc(C2CCCCC2)cc(C2CCCCC2)c1.[Ir+3]. The van der Waals surface area contributed by atoms with Crippen molar-refractivity contribution in [3.63, 3.8) is 0 Å². The first kappa shape index (κ1) is 45.1. The second-order valence-electron chi connectivity index (χ2n) is 21.3. The first-order valence-corrected chi connectivity index (χ1v) is 25.8. The molecule has 10 rings (SSSR count). The van der Waals surface area contributed by atoms with Gasteiger partial charge in [-0.25, -0.2) is 0 Å². The maximum absolute atomic E-state index is 10.2. The Morgan fingerprint density at radius 2 is 0.930 bits per heavy atom. The van der Waals surface area contributed by atoms with Crippen molar-refractivity contribution in [1.29, 1.82) is 0 Å². The fourth-order valence-electron chi connectivity index (χ4n) is 11.1. The quantitative estimate of drug-likeness (QED) is 0.0961. The smallest absolute Gasteiger partial charge is 0.304 e. The van der Waals surface area contributed by atoms with Crippen LogP contribution < -0.4 is 0 Å². The number of hydrogen-bond donors (Lipinski definition) is 0. The summed E-state index contributed by atoms with van der Waals surface area (Å²) in [5.74, 6) is 0.895. The largest absolute Gasteiger partial charge is 3.00 e. The van der Waals surface area contributed by atoms with Gasteiger partial charge in [-0.1, -0.05) is 133 Å². The summed E-state index contributed by atoms with van der Waals surface area (Å²) >= 11 is 0. The van der Waals surface area contributed by atoms with Crippen molar-refractivity contribution in [1.82, 2.24) is 15.0 Å². The molecular formula is C67H68IrN3. The first-order chi connectivity index (χ1) is 35.6. The molecule has 2 saturated carbocycles. The Morgan fingerprint density at radius 3 is 1.37 bits per heavy atom. The van der Waals surface area contributed by atoms with Gasteiger partial charge in [0.05, 0.1) is 0 Å². The van der Waals surface area contributed by atoms with E-state index >= 15 is 0 Å². The molecule has 2 aliphatic carbocycles. The van der Waals surface area contributed by atoms with Crippen LogP contribution in [0, 0.1) is 18.2 Å². The second-order valence-corrected chi connectivity index (χ2v) is 21.3. The fraction of sp³-hybridized carbons (Fsp3) is 0.328. The van der Waals surface area contributed by atoms with Crippen LogP contribution in [0.1, 0.15) is 154 Å². The second kappa shape index (κ2) is 22.7. The minimum Gasteiger partial charge on any atom is -0.304 e.